The van der Waals surface area contributed by atoms with Crippen molar-refractivity contribution in [1.29, 1.82) is 0 Å². The smallest absolute Gasteiger partial charge is 0.0844 e. The Labute approximate surface area is 74.9 Å². The molecular formula is C10H20O2. The number of aliphatic hydroxyl groups excluding tert-OH is 1. The summed E-state index contributed by atoms with van der Waals surface area (Å²) in [5.41, 5.74) is -0.0272. The maximum Gasteiger partial charge on any atom is 0.0844 e. The van der Waals surface area contributed by atoms with Crippen molar-refractivity contribution < 1.29 is 9.84 Å². The Balaban J connectivity index is 2.47. The predicted molar refractivity (Wildman–Crippen MR) is 49.0 cm³/mol. The Morgan fingerprint density at radius 3 is 2.33 bits per heavy atom. The van der Waals surface area contributed by atoms with Crippen molar-refractivity contribution >= 4 is 0 Å². The fourth-order valence-electron chi connectivity index (χ4n) is 1.69. The lowest BCUT2D eigenvalue weighted by Gasteiger charge is -2.24. The largest absolute Gasteiger partial charge is 0.390 e. The first kappa shape index (κ1) is 10.0. The quantitative estimate of drug-likeness (QED) is 0.690. The lowest BCUT2D eigenvalue weighted by Crippen LogP contribution is -2.32. The third-order valence-electron chi connectivity index (χ3n) is 2.57. The molecule has 2 heteroatoms. The second kappa shape index (κ2) is 3.35. The van der Waals surface area contributed by atoms with Crippen molar-refractivity contribution in [3.8, 4) is 0 Å². The monoisotopic (exact) mass is 172 g/mol. The van der Waals surface area contributed by atoms with Gasteiger partial charge in [0.2, 0.25) is 0 Å². The van der Waals surface area contributed by atoms with Gasteiger partial charge in [-0.2, -0.15) is 0 Å². The molecule has 0 aliphatic carbocycles. The molecule has 12 heavy (non-hydrogen) atoms. The molecule has 0 aromatic heterocycles. The fraction of sp³-hybridized carbons (Fsp3) is 1.00. The molecule has 0 amide bonds. The molecule has 1 aliphatic heterocycles. The molecule has 1 heterocycles. The summed E-state index contributed by atoms with van der Waals surface area (Å²) in [4.78, 5) is 0. The van der Waals surface area contributed by atoms with Gasteiger partial charge in [0.15, 0.2) is 0 Å². The normalized spacial score (nSPS) is 31.0. The van der Waals surface area contributed by atoms with E-state index in [2.05, 4.69) is 13.8 Å². The molecule has 0 spiro atoms. The van der Waals surface area contributed by atoms with Gasteiger partial charge in [0.05, 0.1) is 17.8 Å². The van der Waals surface area contributed by atoms with Crippen LogP contribution in [0.2, 0.25) is 0 Å². The predicted octanol–water partition coefficient (Wildman–Crippen LogP) is 1.96. The van der Waals surface area contributed by atoms with Crippen molar-refractivity contribution in [3.05, 3.63) is 0 Å². The molecule has 1 fully saturated rings. The molecule has 0 saturated carbocycles. The highest BCUT2D eigenvalue weighted by Gasteiger charge is 2.36. The SMILES string of the molecule is CC(C)[C@H](O)[C@@H]1CCC(C)(C)O1. The van der Waals surface area contributed by atoms with Crippen LogP contribution in [0.4, 0.5) is 0 Å². The van der Waals surface area contributed by atoms with E-state index in [0.29, 0.717) is 5.92 Å². The standard InChI is InChI=1S/C10H20O2/c1-7(2)9(11)8-5-6-10(3,4)12-8/h7-9,11H,5-6H2,1-4H3/t8-,9-/m0/s1. The minimum atomic E-state index is -0.299. The van der Waals surface area contributed by atoms with E-state index in [1.54, 1.807) is 0 Å². The molecule has 1 N–H and O–H groups in total. The summed E-state index contributed by atoms with van der Waals surface area (Å²) in [5.74, 6) is 0.295. The lowest BCUT2D eigenvalue weighted by atomic mass is 9.98. The zero-order valence-electron chi connectivity index (χ0n) is 8.50. The number of aliphatic hydroxyl groups is 1. The summed E-state index contributed by atoms with van der Waals surface area (Å²) in [6, 6.07) is 0. The van der Waals surface area contributed by atoms with E-state index in [0.717, 1.165) is 12.8 Å². The average Bonchev–Trinajstić information content (AvgIpc) is 2.28. The first-order valence-electron chi connectivity index (χ1n) is 4.78. The van der Waals surface area contributed by atoms with Crippen LogP contribution in [0, 0.1) is 5.92 Å². The van der Waals surface area contributed by atoms with Crippen molar-refractivity contribution in [2.45, 2.75) is 58.3 Å². The second-order valence-corrected chi connectivity index (χ2v) is 4.69. The maximum atomic E-state index is 9.73. The molecule has 1 aliphatic rings. The Morgan fingerprint density at radius 1 is 1.42 bits per heavy atom. The van der Waals surface area contributed by atoms with Crippen LogP contribution >= 0.6 is 0 Å². The molecule has 2 nitrogen and oxygen atoms in total. The van der Waals surface area contributed by atoms with Gasteiger partial charge in [-0.25, -0.2) is 0 Å². The zero-order chi connectivity index (χ0) is 9.35. The molecule has 2 atom stereocenters. The number of hydrogen-bond donors (Lipinski definition) is 1. The summed E-state index contributed by atoms with van der Waals surface area (Å²) >= 11 is 0. The van der Waals surface area contributed by atoms with E-state index < -0.39 is 0 Å². The lowest BCUT2D eigenvalue weighted by molar-refractivity contribution is -0.0835. The first-order valence-corrected chi connectivity index (χ1v) is 4.78. The van der Waals surface area contributed by atoms with E-state index in [1.807, 2.05) is 13.8 Å². The van der Waals surface area contributed by atoms with Gasteiger partial charge in [0.25, 0.3) is 0 Å². The third-order valence-corrected chi connectivity index (χ3v) is 2.57. The topological polar surface area (TPSA) is 29.5 Å². The minimum absolute atomic E-state index is 0.0272. The van der Waals surface area contributed by atoms with E-state index in [4.69, 9.17) is 4.74 Å². The van der Waals surface area contributed by atoms with Gasteiger partial charge in [-0.05, 0) is 32.6 Å². The van der Waals surface area contributed by atoms with Crippen molar-refractivity contribution in [2.75, 3.05) is 0 Å². The van der Waals surface area contributed by atoms with Crippen LogP contribution in [-0.2, 0) is 4.74 Å². The summed E-state index contributed by atoms with van der Waals surface area (Å²) in [6.07, 6.45) is 1.81. The molecule has 1 rings (SSSR count). The molecule has 0 aromatic rings. The molecular weight excluding hydrogens is 152 g/mol. The van der Waals surface area contributed by atoms with Gasteiger partial charge < -0.3 is 9.84 Å². The molecule has 1 saturated heterocycles. The van der Waals surface area contributed by atoms with Gasteiger partial charge in [0, 0.05) is 0 Å². The van der Waals surface area contributed by atoms with Gasteiger partial charge in [0.1, 0.15) is 0 Å². The van der Waals surface area contributed by atoms with Crippen LogP contribution < -0.4 is 0 Å². The first-order chi connectivity index (χ1) is 5.42. The van der Waals surface area contributed by atoms with Gasteiger partial charge in [-0.3, -0.25) is 0 Å². The van der Waals surface area contributed by atoms with Crippen molar-refractivity contribution in [2.24, 2.45) is 5.92 Å². The average molecular weight is 172 g/mol. The van der Waals surface area contributed by atoms with E-state index >= 15 is 0 Å². The number of ether oxygens (including phenoxy) is 1. The maximum absolute atomic E-state index is 9.73. The van der Waals surface area contributed by atoms with E-state index in [1.165, 1.54) is 0 Å². The van der Waals surface area contributed by atoms with Crippen LogP contribution in [0.25, 0.3) is 0 Å². The highest BCUT2D eigenvalue weighted by molar-refractivity contribution is 4.85. The minimum Gasteiger partial charge on any atom is -0.390 e. The van der Waals surface area contributed by atoms with Crippen molar-refractivity contribution in [3.63, 3.8) is 0 Å². The van der Waals surface area contributed by atoms with Crippen LogP contribution in [0.15, 0.2) is 0 Å². The second-order valence-electron chi connectivity index (χ2n) is 4.69. The number of rotatable bonds is 2. The number of hydrogen-bond acceptors (Lipinski definition) is 2. The molecule has 0 unspecified atom stereocenters. The molecule has 0 radical (unpaired) electrons. The zero-order valence-corrected chi connectivity index (χ0v) is 8.50. The van der Waals surface area contributed by atoms with E-state index in [-0.39, 0.29) is 17.8 Å². The Hall–Kier alpha value is -0.0800. The van der Waals surface area contributed by atoms with Gasteiger partial charge in [-0.15, -0.1) is 0 Å². The summed E-state index contributed by atoms with van der Waals surface area (Å²) in [6.45, 7) is 8.22. The summed E-state index contributed by atoms with van der Waals surface area (Å²) < 4.78 is 5.72. The summed E-state index contributed by atoms with van der Waals surface area (Å²) in [5, 5.41) is 9.73. The Morgan fingerprint density at radius 2 is 2.00 bits per heavy atom. The summed E-state index contributed by atoms with van der Waals surface area (Å²) in [7, 11) is 0. The van der Waals surface area contributed by atoms with Crippen molar-refractivity contribution in [1.82, 2.24) is 0 Å². The van der Waals surface area contributed by atoms with Crippen LogP contribution in [0.3, 0.4) is 0 Å². The van der Waals surface area contributed by atoms with Crippen LogP contribution in [-0.4, -0.2) is 22.9 Å². The van der Waals surface area contributed by atoms with Gasteiger partial charge in [-0.1, -0.05) is 13.8 Å². The Kier molecular flexibility index (Phi) is 2.79. The van der Waals surface area contributed by atoms with Crippen LogP contribution in [0.1, 0.15) is 40.5 Å². The molecule has 0 bridgehead atoms. The Bertz CT molecular complexity index is 152. The molecule has 0 aromatic carbocycles. The molecule has 72 valence electrons. The fourth-order valence-corrected chi connectivity index (χ4v) is 1.69. The van der Waals surface area contributed by atoms with E-state index in [9.17, 15) is 5.11 Å². The highest BCUT2D eigenvalue weighted by Crippen LogP contribution is 2.32. The third kappa shape index (κ3) is 2.20. The van der Waals surface area contributed by atoms with Crippen LogP contribution in [0.5, 0.6) is 0 Å². The van der Waals surface area contributed by atoms with Gasteiger partial charge >= 0.3 is 0 Å². The highest BCUT2D eigenvalue weighted by atomic mass is 16.5.